The van der Waals surface area contributed by atoms with Gasteiger partial charge < -0.3 is 10.1 Å². The topological polar surface area (TPSA) is 58.6 Å². The molecule has 3 aromatic carbocycles. The Bertz CT molecular complexity index is 1250. The summed E-state index contributed by atoms with van der Waals surface area (Å²) >= 11 is 10.6. The quantitative estimate of drug-likeness (QED) is 0.183. The maximum atomic E-state index is 12.9. The second-order valence-electron chi connectivity index (χ2n) is 7.56. The number of hydrogen-bond donors (Lipinski definition) is 1. The molecule has 168 valence electrons. The molecule has 0 aromatic heterocycles. The van der Waals surface area contributed by atoms with Gasteiger partial charge in [-0.3, -0.25) is 9.69 Å². The van der Waals surface area contributed by atoms with E-state index in [-0.39, 0.29) is 18.1 Å². The molecular weight excluding hydrogens is 666 g/mol. The largest absolute Gasteiger partial charge is 0.487 e. The number of nitrogens with one attached hydrogen (secondary N) is 1. The first-order valence-corrected chi connectivity index (χ1v) is 12.6. The van der Waals surface area contributed by atoms with Gasteiger partial charge in [0.2, 0.25) is 0 Å². The van der Waals surface area contributed by atoms with Crippen molar-refractivity contribution in [3.8, 4) is 5.75 Å². The van der Waals surface area contributed by atoms with Crippen LogP contribution in [0.5, 0.6) is 5.75 Å². The highest BCUT2D eigenvalue weighted by atomic mass is 127. The van der Waals surface area contributed by atoms with Crippen LogP contribution >= 0.6 is 56.8 Å². The number of urea groups is 1. The number of carbonyl (C=O) groups excluding carboxylic acids is 2. The summed E-state index contributed by atoms with van der Waals surface area (Å²) in [7, 11) is 0. The zero-order valence-electron chi connectivity index (χ0n) is 17.6. The minimum absolute atomic E-state index is 0.230. The third-order valence-electron chi connectivity index (χ3n) is 5.05. The van der Waals surface area contributed by atoms with Crippen molar-refractivity contribution in [2.75, 3.05) is 0 Å². The highest BCUT2D eigenvalue weighted by Gasteiger charge is 2.33. The number of benzene rings is 3. The van der Waals surface area contributed by atoms with Crippen LogP contribution in [0.4, 0.5) is 4.79 Å². The molecule has 0 atom stereocenters. The summed E-state index contributed by atoms with van der Waals surface area (Å²) in [6, 6.07) is 18.7. The van der Waals surface area contributed by atoms with Crippen molar-refractivity contribution in [1.29, 1.82) is 0 Å². The Morgan fingerprint density at radius 1 is 1.03 bits per heavy atom. The van der Waals surface area contributed by atoms with E-state index in [1.54, 1.807) is 6.08 Å². The molecule has 1 aliphatic heterocycles. The third kappa shape index (κ3) is 5.70. The lowest BCUT2D eigenvalue weighted by Crippen LogP contribution is -2.30. The van der Waals surface area contributed by atoms with Gasteiger partial charge in [0, 0.05) is 10.6 Å². The molecule has 0 radical (unpaired) electrons. The standard InChI is InChI=1S/C25H19ClI2N2O3/c1-15-5-4-6-16(9-15)13-30-24(31)22(29-25(30)32)12-17-10-20(27)23(21(28)11-17)33-14-18-7-2-3-8-19(18)26/h2-12H,13-14H2,1H3,(H,29,32)/b22-12+. The Hall–Kier alpha value is -2.11. The van der Waals surface area contributed by atoms with E-state index >= 15 is 0 Å². The second-order valence-corrected chi connectivity index (χ2v) is 10.3. The number of carbonyl (C=O) groups is 2. The smallest absolute Gasteiger partial charge is 0.329 e. The summed E-state index contributed by atoms with van der Waals surface area (Å²) in [4.78, 5) is 26.5. The minimum atomic E-state index is -0.420. The highest BCUT2D eigenvalue weighted by molar-refractivity contribution is 14.1. The van der Waals surface area contributed by atoms with Gasteiger partial charge in [0.25, 0.3) is 5.91 Å². The van der Waals surface area contributed by atoms with Crippen LogP contribution in [0.3, 0.4) is 0 Å². The molecule has 3 amide bonds. The predicted molar refractivity (Wildman–Crippen MR) is 146 cm³/mol. The Morgan fingerprint density at radius 2 is 1.76 bits per heavy atom. The fourth-order valence-corrected chi connectivity index (χ4v) is 5.76. The van der Waals surface area contributed by atoms with Crippen LogP contribution in [0, 0.1) is 14.1 Å². The van der Waals surface area contributed by atoms with E-state index in [2.05, 4.69) is 50.5 Å². The fourth-order valence-electron chi connectivity index (χ4n) is 3.44. The summed E-state index contributed by atoms with van der Waals surface area (Å²) in [6.07, 6.45) is 1.69. The predicted octanol–water partition coefficient (Wildman–Crippen LogP) is 6.53. The maximum absolute atomic E-state index is 12.9. The molecule has 1 fully saturated rings. The third-order valence-corrected chi connectivity index (χ3v) is 7.02. The molecule has 0 aliphatic carbocycles. The van der Waals surface area contributed by atoms with Crippen molar-refractivity contribution in [2.45, 2.75) is 20.1 Å². The van der Waals surface area contributed by atoms with Crippen molar-refractivity contribution >= 4 is 74.8 Å². The van der Waals surface area contributed by atoms with Crippen LogP contribution in [0.15, 0.2) is 66.4 Å². The van der Waals surface area contributed by atoms with Gasteiger partial charge in [-0.2, -0.15) is 0 Å². The van der Waals surface area contributed by atoms with Crippen LogP contribution in [-0.2, 0) is 17.9 Å². The van der Waals surface area contributed by atoms with E-state index in [0.29, 0.717) is 11.6 Å². The van der Waals surface area contributed by atoms with Crippen molar-refractivity contribution in [3.63, 3.8) is 0 Å². The number of aryl methyl sites for hydroxylation is 1. The van der Waals surface area contributed by atoms with Crippen LogP contribution < -0.4 is 10.1 Å². The molecule has 33 heavy (non-hydrogen) atoms. The van der Waals surface area contributed by atoms with Crippen LogP contribution in [0.1, 0.15) is 22.3 Å². The van der Waals surface area contributed by atoms with Crippen LogP contribution in [0.2, 0.25) is 5.02 Å². The Labute approximate surface area is 224 Å². The lowest BCUT2D eigenvalue weighted by Gasteiger charge is -2.13. The van der Waals surface area contributed by atoms with Crippen molar-refractivity contribution in [2.24, 2.45) is 0 Å². The van der Waals surface area contributed by atoms with Gasteiger partial charge in [-0.25, -0.2) is 4.79 Å². The van der Waals surface area contributed by atoms with Crippen molar-refractivity contribution in [3.05, 3.63) is 101 Å². The summed E-state index contributed by atoms with van der Waals surface area (Å²) in [6.45, 7) is 2.56. The zero-order valence-corrected chi connectivity index (χ0v) is 22.6. The Balaban J connectivity index is 1.51. The first-order valence-electron chi connectivity index (χ1n) is 10.1. The average Bonchev–Trinajstić information content (AvgIpc) is 3.02. The van der Waals surface area contributed by atoms with E-state index in [1.165, 1.54) is 4.90 Å². The summed E-state index contributed by atoms with van der Waals surface area (Å²) in [5.41, 5.74) is 3.95. The molecule has 1 saturated heterocycles. The van der Waals surface area contributed by atoms with Crippen molar-refractivity contribution < 1.29 is 14.3 Å². The van der Waals surface area contributed by atoms with E-state index < -0.39 is 6.03 Å². The highest BCUT2D eigenvalue weighted by Crippen LogP contribution is 2.31. The number of amides is 3. The maximum Gasteiger partial charge on any atom is 0.329 e. The lowest BCUT2D eigenvalue weighted by molar-refractivity contribution is -0.123. The molecule has 1 aliphatic rings. The van der Waals surface area contributed by atoms with Gasteiger partial charge >= 0.3 is 6.03 Å². The Morgan fingerprint density at radius 3 is 2.45 bits per heavy atom. The number of halogens is 3. The van der Waals surface area contributed by atoms with Gasteiger partial charge in [0.05, 0.1) is 13.7 Å². The SMILES string of the molecule is Cc1cccc(CN2C(=O)N/C(=C/c3cc(I)c(OCc4ccccc4Cl)c(I)c3)C2=O)c1. The van der Waals surface area contributed by atoms with Gasteiger partial charge in [0.1, 0.15) is 18.1 Å². The number of rotatable bonds is 6. The van der Waals surface area contributed by atoms with Gasteiger partial charge in [-0.1, -0.05) is 59.6 Å². The monoisotopic (exact) mass is 684 g/mol. The molecule has 0 spiro atoms. The molecule has 0 saturated carbocycles. The molecule has 1 heterocycles. The molecule has 0 bridgehead atoms. The second kappa shape index (κ2) is 10.4. The molecule has 3 aromatic rings. The number of nitrogens with zero attached hydrogens (tertiary/aromatic N) is 1. The first-order chi connectivity index (χ1) is 15.8. The number of ether oxygens (including phenoxy) is 1. The zero-order chi connectivity index (χ0) is 23.5. The van der Waals surface area contributed by atoms with E-state index in [0.717, 1.165) is 35.1 Å². The van der Waals surface area contributed by atoms with Crippen LogP contribution in [0.25, 0.3) is 6.08 Å². The molecule has 1 N–H and O–H groups in total. The van der Waals surface area contributed by atoms with E-state index in [9.17, 15) is 9.59 Å². The summed E-state index contributed by atoms with van der Waals surface area (Å²) in [5, 5.41) is 3.35. The summed E-state index contributed by atoms with van der Waals surface area (Å²) < 4.78 is 7.82. The van der Waals surface area contributed by atoms with Gasteiger partial charge in [-0.05, 0) is 87.5 Å². The molecular formula is C25H19ClI2N2O3. The number of hydrogen-bond acceptors (Lipinski definition) is 3. The first kappa shape index (κ1) is 24.0. The van der Waals surface area contributed by atoms with Crippen molar-refractivity contribution in [1.82, 2.24) is 10.2 Å². The molecule has 4 rings (SSSR count). The van der Waals surface area contributed by atoms with Crippen LogP contribution in [-0.4, -0.2) is 16.8 Å². The van der Waals surface area contributed by atoms with E-state index in [4.69, 9.17) is 16.3 Å². The van der Waals surface area contributed by atoms with E-state index in [1.807, 2.05) is 67.6 Å². The fraction of sp³-hybridized carbons (Fsp3) is 0.120. The molecule has 0 unspecified atom stereocenters. The molecule has 8 heteroatoms. The molecule has 5 nitrogen and oxygen atoms in total. The minimum Gasteiger partial charge on any atom is -0.487 e. The number of imide groups is 1. The van der Waals surface area contributed by atoms with Gasteiger partial charge in [-0.15, -0.1) is 0 Å². The summed E-state index contributed by atoms with van der Waals surface area (Å²) in [5.74, 6) is 0.409. The Kier molecular flexibility index (Phi) is 7.60. The average molecular weight is 685 g/mol. The lowest BCUT2D eigenvalue weighted by atomic mass is 10.1. The van der Waals surface area contributed by atoms with Gasteiger partial charge in [0.15, 0.2) is 0 Å². The normalized spacial score (nSPS) is 14.7.